The summed E-state index contributed by atoms with van der Waals surface area (Å²) in [4.78, 5) is 37.1. The molecule has 5 aliphatic heterocycles. The third-order valence-electron chi connectivity index (χ3n) is 12.1. The van der Waals surface area contributed by atoms with Crippen LogP contribution in [0.15, 0.2) is 0 Å². The summed E-state index contributed by atoms with van der Waals surface area (Å²) >= 11 is 0. The Balaban J connectivity index is 1.35. The zero-order chi connectivity index (χ0) is 50.7. The van der Waals surface area contributed by atoms with Gasteiger partial charge in [-0.05, 0) is 0 Å². The van der Waals surface area contributed by atoms with Gasteiger partial charge in [-0.3, -0.25) is 9.59 Å². The third-order valence-corrected chi connectivity index (χ3v) is 12.1. The van der Waals surface area contributed by atoms with Gasteiger partial charge < -0.3 is 140 Å². The van der Waals surface area contributed by atoms with Crippen molar-refractivity contribution in [3.05, 3.63) is 0 Å². The van der Waals surface area contributed by atoms with Crippen molar-refractivity contribution in [1.29, 1.82) is 0 Å². The van der Waals surface area contributed by atoms with E-state index in [1.165, 1.54) is 0 Å². The molecule has 31 nitrogen and oxygen atoms in total. The quantitative estimate of drug-likeness (QED) is 0.0606. The van der Waals surface area contributed by atoms with E-state index in [-0.39, 0.29) is 0 Å². The van der Waals surface area contributed by atoms with E-state index in [2.05, 4.69) is 10.6 Å². The zero-order valence-electron chi connectivity index (χ0n) is 36.2. The van der Waals surface area contributed by atoms with E-state index in [1.807, 2.05) is 0 Å². The minimum atomic E-state index is -2.96. The first-order chi connectivity index (χ1) is 31.9. The smallest absolute Gasteiger partial charge is 0.364 e. The number of rotatable bonds is 18. The van der Waals surface area contributed by atoms with Gasteiger partial charge in [0, 0.05) is 20.3 Å². The fourth-order valence-corrected chi connectivity index (χ4v) is 8.43. The Morgan fingerprint density at radius 1 is 0.588 bits per heavy atom. The van der Waals surface area contributed by atoms with Crippen LogP contribution >= 0.6 is 0 Å². The summed E-state index contributed by atoms with van der Waals surface area (Å²) in [6, 6.07) is -3.37. The van der Waals surface area contributed by atoms with Gasteiger partial charge in [0.2, 0.25) is 11.8 Å². The highest BCUT2D eigenvalue weighted by Crippen LogP contribution is 2.37. The molecular formula is C37H62N2O29. The Morgan fingerprint density at radius 3 is 1.66 bits per heavy atom. The number of aliphatic carboxylic acids is 1. The molecule has 394 valence electrons. The maximum absolute atomic E-state index is 12.7. The van der Waals surface area contributed by atoms with Gasteiger partial charge in [-0.1, -0.05) is 0 Å². The van der Waals surface area contributed by atoms with Crippen molar-refractivity contribution in [2.75, 3.05) is 33.0 Å². The summed E-state index contributed by atoms with van der Waals surface area (Å²) in [6.45, 7) is -3.11. The van der Waals surface area contributed by atoms with E-state index >= 15 is 0 Å². The predicted molar refractivity (Wildman–Crippen MR) is 207 cm³/mol. The number of carbonyl (C=O) groups is 3. The lowest BCUT2D eigenvalue weighted by Crippen LogP contribution is -2.70. The van der Waals surface area contributed by atoms with E-state index < -0.39 is 216 Å². The standard InChI is InChI=1S/C37H62N2O29/c1-9(44)38-17-11(46)3-37(36(58)59,68-30(17)19(48)12(47)4-40)60-8-16-20(49)23(52)26(55)34(64-16)65-28-15(7-43)63-33(18(22(28)51)39-10(2)45)67-31-21(50)13(5-41)62-35(27(31)56)66-29-14(6-42)61-32(57)25(54)24(29)53/h11-35,40-43,46-57H,3-8H2,1-2H3,(H,38,44)(H,39,45)(H,58,59)/t11-,12+,13+,14+,15+,16+,17+,18+,19+,20-,21-,22+,23-,24+,25+,26+,27+,28+,29+,30+,31-,32-,33-,34-,35-,37-/m0/s1. The van der Waals surface area contributed by atoms with Crippen molar-refractivity contribution in [2.45, 2.75) is 179 Å². The summed E-state index contributed by atoms with van der Waals surface area (Å²) in [5.74, 6) is -6.55. The second-order valence-electron chi connectivity index (χ2n) is 16.9. The number of amides is 2. The molecule has 26 atom stereocenters. The molecule has 0 spiro atoms. The number of hydrogen-bond donors (Lipinski definition) is 19. The molecule has 68 heavy (non-hydrogen) atoms. The number of nitrogens with one attached hydrogen (secondary N) is 2. The number of aliphatic hydroxyl groups excluding tert-OH is 16. The SMILES string of the molecule is CC(=O)N[C@H]1[C@H](O[C@H]2[C@@H](O)[C@@H](CO)O[C@@H](O[C@H]3[C@H](O)[C@@H](O)[C@@H](O)O[C@@H]3CO)[C@@H]2O)O[C@H](CO)[C@@H](O[C@@H]2O[C@H](CO[C@@]3(C(=O)O)C[C@H](O)[C@@H](NC(C)=O)[C@H]([C@H](O)[C@H](O)CO)O3)[C@H](O)[C@H](O)[C@H]2O)[C@@H]1O. The fraction of sp³-hybridized carbons (Fsp3) is 0.919. The van der Waals surface area contributed by atoms with Gasteiger partial charge in [-0.15, -0.1) is 0 Å². The van der Waals surface area contributed by atoms with Crippen LogP contribution in [0, 0.1) is 0 Å². The number of aliphatic hydroxyl groups is 16. The van der Waals surface area contributed by atoms with Crippen LogP contribution < -0.4 is 10.6 Å². The first-order valence-electron chi connectivity index (χ1n) is 21.2. The molecule has 0 aromatic rings. The van der Waals surface area contributed by atoms with Gasteiger partial charge in [0.05, 0.1) is 45.2 Å². The molecular weight excluding hydrogens is 936 g/mol. The molecule has 19 N–H and O–H groups in total. The third kappa shape index (κ3) is 12.0. The number of hydrogen-bond acceptors (Lipinski definition) is 28. The minimum absolute atomic E-state index is 0.776. The number of carbonyl (C=O) groups excluding carboxylic acids is 2. The Labute approximate surface area is 384 Å². The molecule has 0 bridgehead atoms. The highest BCUT2D eigenvalue weighted by Gasteiger charge is 2.59. The van der Waals surface area contributed by atoms with Crippen molar-refractivity contribution < 1.29 is 144 Å². The summed E-state index contributed by atoms with van der Waals surface area (Å²) < 4.78 is 50.3. The second kappa shape index (κ2) is 23.8. The van der Waals surface area contributed by atoms with Gasteiger partial charge >= 0.3 is 5.97 Å². The average molecular weight is 999 g/mol. The topological polar surface area (TPSA) is 502 Å². The zero-order valence-corrected chi connectivity index (χ0v) is 36.2. The molecule has 5 saturated heterocycles. The van der Waals surface area contributed by atoms with E-state index in [4.69, 9.17) is 42.6 Å². The van der Waals surface area contributed by atoms with E-state index in [1.54, 1.807) is 0 Å². The highest BCUT2D eigenvalue weighted by molar-refractivity contribution is 5.76. The van der Waals surface area contributed by atoms with Gasteiger partial charge in [0.25, 0.3) is 5.79 Å². The lowest BCUT2D eigenvalue weighted by atomic mass is 9.88. The van der Waals surface area contributed by atoms with E-state index in [9.17, 15) is 101 Å². The molecule has 0 saturated carbocycles. The highest BCUT2D eigenvalue weighted by atomic mass is 16.8. The molecule has 0 radical (unpaired) electrons. The lowest BCUT2D eigenvalue weighted by molar-refractivity contribution is -0.381. The van der Waals surface area contributed by atoms with Crippen LogP contribution in [0.5, 0.6) is 0 Å². The molecule has 5 heterocycles. The van der Waals surface area contributed by atoms with Crippen LogP contribution in [0.2, 0.25) is 0 Å². The minimum Gasteiger partial charge on any atom is -0.477 e. The van der Waals surface area contributed by atoms with Crippen LogP contribution in [0.3, 0.4) is 0 Å². The molecule has 5 fully saturated rings. The van der Waals surface area contributed by atoms with Crippen LogP contribution in [0.4, 0.5) is 0 Å². The van der Waals surface area contributed by atoms with Crippen molar-refractivity contribution in [2.24, 2.45) is 0 Å². The van der Waals surface area contributed by atoms with Crippen molar-refractivity contribution in [3.8, 4) is 0 Å². The van der Waals surface area contributed by atoms with Crippen LogP contribution in [0.25, 0.3) is 0 Å². The maximum atomic E-state index is 12.7. The molecule has 2 amide bonds. The van der Waals surface area contributed by atoms with Crippen molar-refractivity contribution >= 4 is 17.8 Å². The predicted octanol–water partition coefficient (Wildman–Crippen LogP) is -12.4. The fourth-order valence-electron chi connectivity index (χ4n) is 8.43. The number of carboxylic acids is 1. The summed E-state index contributed by atoms with van der Waals surface area (Å²) in [7, 11) is 0. The van der Waals surface area contributed by atoms with Gasteiger partial charge in [0.15, 0.2) is 25.2 Å². The number of ether oxygens (including phenoxy) is 9. The Hall–Kier alpha value is -2.59. The summed E-state index contributed by atoms with van der Waals surface area (Å²) in [5, 5.41) is 184. The lowest BCUT2D eigenvalue weighted by Gasteiger charge is -2.50. The molecule has 5 rings (SSSR count). The largest absolute Gasteiger partial charge is 0.477 e. The molecule has 0 unspecified atom stereocenters. The Bertz CT molecular complexity index is 1660. The van der Waals surface area contributed by atoms with Gasteiger partial charge in [-0.2, -0.15) is 0 Å². The van der Waals surface area contributed by atoms with Gasteiger partial charge in [-0.25, -0.2) is 4.79 Å². The van der Waals surface area contributed by atoms with Crippen LogP contribution in [0.1, 0.15) is 20.3 Å². The van der Waals surface area contributed by atoms with Crippen LogP contribution in [-0.4, -0.2) is 297 Å². The molecule has 0 aromatic carbocycles. The average Bonchev–Trinajstić information content (AvgIpc) is 3.29. The van der Waals surface area contributed by atoms with Crippen molar-refractivity contribution in [3.63, 3.8) is 0 Å². The summed E-state index contributed by atoms with van der Waals surface area (Å²) in [5.41, 5.74) is 0. The van der Waals surface area contributed by atoms with E-state index in [0.717, 1.165) is 13.8 Å². The Kier molecular flexibility index (Phi) is 19.7. The van der Waals surface area contributed by atoms with E-state index in [0.29, 0.717) is 0 Å². The first-order valence-corrected chi connectivity index (χ1v) is 21.2. The first kappa shape index (κ1) is 56.3. The normalized spacial score (nSPS) is 46.6. The summed E-state index contributed by atoms with van der Waals surface area (Å²) in [6.07, 6.45) is -46.1. The van der Waals surface area contributed by atoms with Crippen LogP contribution in [-0.2, 0) is 57.0 Å². The molecule has 31 heteroatoms. The number of carboxylic acid groups (broad SMARTS) is 1. The molecule has 5 aliphatic rings. The second-order valence-corrected chi connectivity index (χ2v) is 16.9. The molecule has 0 aliphatic carbocycles. The Morgan fingerprint density at radius 2 is 1.10 bits per heavy atom. The molecule has 0 aromatic heterocycles. The van der Waals surface area contributed by atoms with Crippen molar-refractivity contribution in [1.82, 2.24) is 10.6 Å². The monoisotopic (exact) mass is 998 g/mol. The maximum Gasteiger partial charge on any atom is 0.364 e. The van der Waals surface area contributed by atoms with Gasteiger partial charge in [0.1, 0.15) is 116 Å².